The van der Waals surface area contributed by atoms with E-state index in [1.54, 1.807) is 38.5 Å². The summed E-state index contributed by atoms with van der Waals surface area (Å²) in [6.07, 6.45) is 3.18. The first-order valence-corrected chi connectivity index (χ1v) is 6.69. The first-order valence-electron chi connectivity index (χ1n) is 6.69. The maximum atomic E-state index is 11.9. The van der Waals surface area contributed by atoms with Gasteiger partial charge >= 0.3 is 0 Å². The number of hydrogen-bond donors (Lipinski definition) is 2. The van der Waals surface area contributed by atoms with Gasteiger partial charge in [0.05, 0.1) is 19.9 Å². The fourth-order valence-electron chi connectivity index (χ4n) is 1.88. The molecular formula is C17H18N2O3. The van der Waals surface area contributed by atoms with Gasteiger partial charge < -0.3 is 20.5 Å². The quantitative estimate of drug-likeness (QED) is 0.657. The monoisotopic (exact) mass is 298 g/mol. The Morgan fingerprint density at radius 2 is 1.82 bits per heavy atom. The van der Waals surface area contributed by atoms with Crippen molar-refractivity contribution in [2.24, 2.45) is 0 Å². The lowest BCUT2D eigenvalue weighted by Gasteiger charge is -2.07. The van der Waals surface area contributed by atoms with Crippen molar-refractivity contribution < 1.29 is 14.3 Å². The molecule has 0 heterocycles. The summed E-state index contributed by atoms with van der Waals surface area (Å²) in [4.78, 5) is 11.9. The van der Waals surface area contributed by atoms with Crippen molar-refractivity contribution in [2.45, 2.75) is 0 Å². The molecule has 0 radical (unpaired) electrons. The smallest absolute Gasteiger partial charge is 0.248 e. The molecule has 114 valence electrons. The van der Waals surface area contributed by atoms with Gasteiger partial charge in [-0.2, -0.15) is 0 Å². The first kappa shape index (κ1) is 15.4. The Labute approximate surface area is 129 Å². The molecule has 0 aliphatic rings. The average Bonchev–Trinajstić information content (AvgIpc) is 2.53. The standard InChI is InChI=1S/C17H18N2O3/c1-21-14-7-3-12(4-8-14)5-10-17(20)19-13-6-9-16(22-2)15(18)11-13/h3-11H,18H2,1-2H3,(H,19,20)/b10-5+. The number of benzene rings is 2. The Morgan fingerprint density at radius 3 is 2.41 bits per heavy atom. The molecule has 2 rings (SSSR count). The van der Waals surface area contributed by atoms with Crippen molar-refractivity contribution in [3.05, 3.63) is 54.1 Å². The lowest BCUT2D eigenvalue weighted by Crippen LogP contribution is -2.08. The molecule has 5 heteroatoms. The van der Waals surface area contributed by atoms with E-state index in [-0.39, 0.29) is 5.91 Å². The summed E-state index contributed by atoms with van der Waals surface area (Å²) in [5.74, 6) is 1.11. The van der Waals surface area contributed by atoms with Crippen molar-refractivity contribution >= 4 is 23.4 Å². The summed E-state index contributed by atoms with van der Waals surface area (Å²) < 4.78 is 10.1. The zero-order chi connectivity index (χ0) is 15.9. The van der Waals surface area contributed by atoms with Crippen LogP contribution in [-0.2, 0) is 4.79 Å². The van der Waals surface area contributed by atoms with Crippen LogP contribution in [0.25, 0.3) is 6.08 Å². The molecule has 0 aromatic heterocycles. The minimum absolute atomic E-state index is 0.236. The number of nitrogen functional groups attached to an aromatic ring is 1. The number of nitrogens with two attached hydrogens (primary N) is 1. The summed E-state index contributed by atoms with van der Waals surface area (Å²) >= 11 is 0. The van der Waals surface area contributed by atoms with Crippen molar-refractivity contribution in [1.82, 2.24) is 0 Å². The van der Waals surface area contributed by atoms with Crippen LogP contribution in [0.1, 0.15) is 5.56 Å². The van der Waals surface area contributed by atoms with E-state index in [0.29, 0.717) is 17.1 Å². The van der Waals surface area contributed by atoms with Crippen LogP contribution in [0.5, 0.6) is 11.5 Å². The van der Waals surface area contributed by atoms with E-state index in [1.807, 2.05) is 24.3 Å². The number of carbonyl (C=O) groups is 1. The van der Waals surface area contributed by atoms with E-state index in [4.69, 9.17) is 15.2 Å². The molecule has 22 heavy (non-hydrogen) atoms. The number of hydrogen-bond acceptors (Lipinski definition) is 4. The molecule has 0 saturated heterocycles. The summed E-state index contributed by atoms with van der Waals surface area (Å²) in [6.45, 7) is 0. The van der Waals surface area contributed by atoms with E-state index in [0.717, 1.165) is 11.3 Å². The van der Waals surface area contributed by atoms with Gasteiger partial charge in [-0.05, 0) is 42.0 Å². The molecule has 0 saturated carbocycles. The van der Waals surface area contributed by atoms with Crippen LogP contribution in [0.3, 0.4) is 0 Å². The lowest BCUT2D eigenvalue weighted by atomic mass is 10.2. The van der Waals surface area contributed by atoms with Gasteiger partial charge in [0.2, 0.25) is 5.91 Å². The van der Waals surface area contributed by atoms with Gasteiger partial charge in [-0.3, -0.25) is 4.79 Å². The van der Waals surface area contributed by atoms with E-state index in [9.17, 15) is 4.79 Å². The number of carbonyl (C=O) groups excluding carboxylic acids is 1. The highest BCUT2D eigenvalue weighted by Gasteiger charge is 2.02. The highest BCUT2D eigenvalue weighted by atomic mass is 16.5. The third-order valence-corrected chi connectivity index (χ3v) is 3.04. The highest BCUT2D eigenvalue weighted by Crippen LogP contribution is 2.24. The Morgan fingerprint density at radius 1 is 1.09 bits per heavy atom. The number of anilines is 2. The fraction of sp³-hybridized carbons (Fsp3) is 0.118. The third kappa shape index (κ3) is 4.02. The molecule has 5 nitrogen and oxygen atoms in total. The Balaban J connectivity index is 1.99. The van der Waals surface area contributed by atoms with Gasteiger partial charge in [-0.25, -0.2) is 0 Å². The van der Waals surface area contributed by atoms with Gasteiger partial charge in [0.15, 0.2) is 0 Å². The SMILES string of the molecule is COc1ccc(/C=C/C(=O)Nc2ccc(OC)c(N)c2)cc1. The zero-order valence-corrected chi connectivity index (χ0v) is 12.5. The van der Waals surface area contributed by atoms with Gasteiger partial charge in [-0.1, -0.05) is 12.1 Å². The Bertz CT molecular complexity index is 679. The molecule has 0 aliphatic carbocycles. The summed E-state index contributed by atoms with van der Waals surface area (Å²) in [6, 6.07) is 12.5. The summed E-state index contributed by atoms with van der Waals surface area (Å²) in [7, 11) is 3.15. The van der Waals surface area contributed by atoms with Crippen LogP contribution in [0.15, 0.2) is 48.5 Å². The van der Waals surface area contributed by atoms with Crippen LogP contribution >= 0.6 is 0 Å². The van der Waals surface area contributed by atoms with E-state index in [2.05, 4.69) is 5.32 Å². The molecule has 2 aromatic carbocycles. The molecule has 2 aromatic rings. The minimum atomic E-state index is -0.236. The number of amides is 1. The third-order valence-electron chi connectivity index (χ3n) is 3.04. The maximum Gasteiger partial charge on any atom is 0.248 e. The van der Waals surface area contributed by atoms with Crippen LogP contribution in [0, 0.1) is 0 Å². The largest absolute Gasteiger partial charge is 0.497 e. The number of nitrogens with one attached hydrogen (secondary N) is 1. The minimum Gasteiger partial charge on any atom is -0.497 e. The molecule has 0 aliphatic heterocycles. The van der Waals surface area contributed by atoms with Crippen LogP contribution in [0.2, 0.25) is 0 Å². The normalized spacial score (nSPS) is 10.5. The fourth-order valence-corrected chi connectivity index (χ4v) is 1.88. The highest BCUT2D eigenvalue weighted by molar-refractivity contribution is 6.02. The molecule has 0 fully saturated rings. The molecule has 0 bridgehead atoms. The first-order chi connectivity index (χ1) is 10.6. The Kier molecular flexibility index (Phi) is 5.03. The molecule has 3 N–H and O–H groups in total. The van der Waals surface area contributed by atoms with Crippen LogP contribution < -0.4 is 20.5 Å². The van der Waals surface area contributed by atoms with Gasteiger partial charge in [0.1, 0.15) is 11.5 Å². The molecule has 0 atom stereocenters. The predicted octanol–water partition coefficient (Wildman–Crippen LogP) is 2.94. The van der Waals surface area contributed by atoms with Crippen molar-refractivity contribution in [2.75, 3.05) is 25.3 Å². The van der Waals surface area contributed by atoms with Crippen molar-refractivity contribution in [3.8, 4) is 11.5 Å². The topological polar surface area (TPSA) is 73.6 Å². The van der Waals surface area contributed by atoms with E-state index < -0.39 is 0 Å². The van der Waals surface area contributed by atoms with Crippen molar-refractivity contribution in [3.63, 3.8) is 0 Å². The van der Waals surface area contributed by atoms with Crippen molar-refractivity contribution in [1.29, 1.82) is 0 Å². The summed E-state index contributed by atoms with van der Waals surface area (Å²) in [5, 5.41) is 2.74. The van der Waals surface area contributed by atoms with Gasteiger partial charge in [0.25, 0.3) is 0 Å². The number of ether oxygens (including phenoxy) is 2. The number of rotatable bonds is 5. The van der Waals surface area contributed by atoms with Gasteiger partial charge in [0, 0.05) is 11.8 Å². The average molecular weight is 298 g/mol. The Hall–Kier alpha value is -2.95. The second-order valence-corrected chi connectivity index (χ2v) is 4.55. The lowest BCUT2D eigenvalue weighted by molar-refractivity contribution is -0.111. The molecule has 1 amide bonds. The predicted molar refractivity (Wildman–Crippen MR) is 88.1 cm³/mol. The van der Waals surface area contributed by atoms with E-state index in [1.165, 1.54) is 6.08 Å². The van der Waals surface area contributed by atoms with Gasteiger partial charge in [-0.15, -0.1) is 0 Å². The maximum absolute atomic E-state index is 11.9. The zero-order valence-electron chi connectivity index (χ0n) is 12.5. The molecular weight excluding hydrogens is 280 g/mol. The summed E-state index contributed by atoms with van der Waals surface area (Å²) in [5.41, 5.74) is 7.79. The second kappa shape index (κ2) is 7.17. The molecule has 0 spiro atoms. The number of methoxy groups -OCH3 is 2. The van der Waals surface area contributed by atoms with Crippen LogP contribution in [0.4, 0.5) is 11.4 Å². The van der Waals surface area contributed by atoms with Crippen LogP contribution in [-0.4, -0.2) is 20.1 Å². The van der Waals surface area contributed by atoms with E-state index >= 15 is 0 Å². The second-order valence-electron chi connectivity index (χ2n) is 4.55. The molecule has 0 unspecified atom stereocenters.